The van der Waals surface area contributed by atoms with E-state index >= 15 is 0 Å². The smallest absolute Gasteiger partial charge is 0.407 e. The number of nitrogens with zero attached hydrogens (tertiary/aromatic N) is 1. The minimum absolute atomic E-state index is 0.0261. The predicted molar refractivity (Wildman–Crippen MR) is 139 cm³/mol. The van der Waals surface area contributed by atoms with Gasteiger partial charge in [0, 0.05) is 24.4 Å². The molecule has 9 nitrogen and oxygen atoms in total. The molecule has 1 aliphatic carbocycles. The summed E-state index contributed by atoms with van der Waals surface area (Å²) >= 11 is 0. The first-order chi connectivity index (χ1) is 17.8. The Kier molecular flexibility index (Phi) is 10.6. The van der Waals surface area contributed by atoms with E-state index in [1.54, 1.807) is 12.3 Å². The normalized spacial score (nSPS) is 14.4. The number of rotatable bonds is 14. The third-order valence-corrected chi connectivity index (χ3v) is 5.97. The SMILES string of the molecule is CC(C)C[C@H](NC(=O)OCCc1ccccn1)C(=O)N[C@@H](CCc1ccccc1)C(=O)C(=O)NC1CC1. The second-order valence-electron chi connectivity index (χ2n) is 9.73. The highest BCUT2D eigenvalue weighted by Gasteiger charge is 2.33. The number of pyridine rings is 1. The maximum Gasteiger partial charge on any atom is 0.407 e. The van der Waals surface area contributed by atoms with Crippen LogP contribution in [0.1, 0.15) is 50.8 Å². The molecule has 0 aliphatic heterocycles. The quantitative estimate of drug-likeness (QED) is 0.337. The Labute approximate surface area is 217 Å². The van der Waals surface area contributed by atoms with Gasteiger partial charge in [-0.15, -0.1) is 0 Å². The van der Waals surface area contributed by atoms with Gasteiger partial charge in [-0.25, -0.2) is 4.79 Å². The number of benzene rings is 1. The molecular weight excluding hydrogens is 472 g/mol. The molecule has 198 valence electrons. The number of aromatic nitrogens is 1. The van der Waals surface area contributed by atoms with Crippen LogP contribution in [0.2, 0.25) is 0 Å². The molecule has 3 amide bonds. The molecule has 1 aromatic heterocycles. The first-order valence-corrected chi connectivity index (χ1v) is 12.8. The Morgan fingerprint density at radius 1 is 0.946 bits per heavy atom. The summed E-state index contributed by atoms with van der Waals surface area (Å²) < 4.78 is 5.25. The molecule has 0 radical (unpaired) electrons. The third-order valence-electron chi connectivity index (χ3n) is 5.97. The standard InChI is InChI=1S/C28H36N4O5/c1-19(2)18-24(32-28(36)37-17-15-21-10-6-7-16-29-21)26(34)31-23(14-11-20-8-4-3-5-9-20)25(33)27(35)30-22-12-13-22/h3-10,16,19,22-24H,11-15,17-18H2,1-2H3,(H,30,35)(H,31,34)(H,32,36)/t23-,24-/m0/s1. The van der Waals surface area contributed by atoms with Crippen molar-refractivity contribution in [2.45, 2.75) is 70.5 Å². The van der Waals surface area contributed by atoms with Gasteiger partial charge in [0.25, 0.3) is 5.91 Å². The lowest BCUT2D eigenvalue weighted by Gasteiger charge is -2.23. The zero-order valence-corrected chi connectivity index (χ0v) is 21.4. The molecule has 0 bridgehead atoms. The molecule has 1 aromatic carbocycles. The van der Waals surface area contributed by atoms with Crippen molar-refractivity contribution < 1.29 is 23.9 Å². The molecule has 3 N–H and O–H groups in total. The lowest BCUT2D eigenvalue weighted by atomic mass is 9.99. The highest BCUT2D eigenvalue weighted by Crippen LogP contribution is 2.18. The van der Waals surface area contributed by atoms with Crippen molar-refractivity contribution in [2.24, 2.45) is 5.92 Å². The van der Waals surface area contributed by atoms with Gasteiger partial charge in [0.1, 0.15) is 6.04 Å². The summed E-state index contributed by atoms with van der Waals surface area (Å²) in [5.74, 6) is -1.82. The van der Waals surface area contributed by atoms with Gasteiger partial charge in [0.2, 0.25) is 11.7 Å². The number of hydrogen-bond donors (Lipinski definition) is 3. The fourth-order valence-corrected chi connectivity index (χ4v) is 3.82. The van der Waals surface area contributed by atoms with Gasteiger partial charge >= 0.3 is 6.09 Å². The van der Waals surface area contributed by atoms with Crippen molar-refractivity contribution in [3.8, 4) is 0 Å². The minimum Gasteiger partial charge on any atom is -0.449 e. The predicted octanol–water partition coefficient (Wildman–Crippen LogP) is 2.73. The number of nitrogens with one attached hydrogen (secondary N) is 3. The third kappa shape index (κ3) is 10.0. The fourth-order valence-electron chi connectivity index (χ4n) is 3.82. The van der Waals surface area contributed by atoms with Crippen molar-refractivity contribution in [3.05, 3.63) is 66.0 Å². The first kappa shape index (κ1) is 27.8. The van der Waals surface area contributed by atoms with E-state index in [4.69, 9.17) is 4.74 Å². The maximum absolute atomic E-state index is 13.2. The molecule has 9 heteroatoms. The average Bonchev–Trinajstić information content (AvgIpc) is 3.70. The van der Waals surface area contributed by atoms with Crippen molar-refractivity contribution in [3.63, 3.8) is 0 Å². The van der Waals surface area contributed by atoms with E-state index in [1.807, 2.05) is 56.3 Å². The van der Waals surface area contributed by atoms with Gasteiger partial charge in [-0.3, -0.25) is 19.4 Å². The van der Waals surface area contributed by atoms with E-state index in [0.29, 0.717) is 19.3 Å². The number of amides is 3. The van der Waals surface area contributed by atoms with E-state index in [2.05, 4.69) is 20.9 Å². The van der Waals surface area contributed by atoms with Gasteiger partial charge in [-0.1, -0.05) is 50.2 Å². The molecule has 1 saturated carbocycles. The van der Waals surface area contributed by atoms with Crippen LogP contribution in [0.15, 0.2) is 54.7 Å². The van der Waals surface area contributed by atoms with Crippen LogP contribution in [-0.4, -0.2) is 53.4 Å². The van der Waals surface area contributed by atoms with Crippen molar-refractivity contribution in [1.29, 1.82) is 0 Å². The van der Waals surface area contributed by atoms with Crippen LogP contribution in [0.3, 0.4) is 0 Å². The Hall–Kier alpha value is -3.75. The lowest BCUT2D eigenvalue weighted by Crippen LogP contribution is -2.54. The molecule has 2 aromatic rings. The maximum atomic E-state index is 13.2. The van der Waals surface area contributed by atoms with Crippen LogP contribution in [0.25, 0.3) is 0 Å². The molecular formula is C28H36N4O5. The zero-order chi connectivity index (χ0) is 26.6. The molecule has 2 atom stereocenters. The number of carbonyl (C=O) groups is 4. The van der Waals surface area contributed by atoms with Gasteiger partial charge in [0.15, 0.2) is 0 Å². The van der Waals surface area contributed by atoms with Crippen LogP contribution in [0.4, 0.5) is 4.79 Å². The van der Waals surface area contributed by atoms with Crippen LogP contribution in [-0.2, 0) is 32.0 Å². The zero-order valence-electron chi connectivity index (χ0n) is 21.4. The summed E-state index contributed by atoms with van der Waals surface area (Å²) in [4.78, 5) is 55.3. The number of hydrogen-bond acceptors (Lipinski definition) is 6. The van der Waals surface area contributed by atoms with Gasteiger partial charge in [0.05, 0.1) is 12.6 Å². The van der Waals surface area contributed by atoms with Crippen LogP contribution in [0.5, 0.6) is 0 Å². The summed E-state index contributed by atoms with van der Waals surface area (Å²) in [6.07, 6.45) is 4.19. The van der Waals surface area contributed by atoms with Crippen molar-refractivity contribution in [1.82, 2.24) is 20.9 Å². The van der Waals surface area contributed by atoms with Gasteiger partial charge in [-0.2, -0.15) is 0 Å². The first-order valence-electron chi connectivity index (χ1n) is 12.8. The Balaban J connectivity index is 1.61. The summed E-state index contributed by atoms with van der Waals surface area (Å²) in [5, 5.41) is 8.04. The Bertz CT molecular complexity index is 1040. The molecule has 0 saturated heterocycles. The summed E-state index contributed by atoms with van der Waals surface area (Å²) in [5.41, 5.74) is 1.78. The number of ether oxygens (including phenoxy) is 1. The monoisotopic (exact) mass is 508 g/mol. The van der Waals surface area contributed by atoms with Crippen molar-refractivity contribution >= 4 is 23.7 Å². The molecule has 0 spiro atoms. The van der Waals surface area contributed by atoms with E-state index in [9.17, 15) is 19.2 Å². The van der Waals surface area contributed by atoms with Gasteiger partial charge < -0.3 is 20.7 Å². The molecule has 1 fully saturated rings. The largest absolute Gasteiger partial charge is 0.449 e. The van der Waals surface area contributed by atoms with Crippen LogP contribution < -0.4 is 16.0 Å². The van der Waals surface area contributed by atoms with E-state index < -0.39 is 35.8 Å². The Morgan fingerprint density at radius 2 is 1.68 bits per heavy atom. The minimum atomic E-state index is -1.01. The molecule has 1 heterocycles. The molecule has 0 unspecified atom stereocenters. The molecule has 1 aliphatic rings. The molecule has 37 heavy (non-hydrogen) atoms. The number of carbonyl (C=O) groups excluding carboxylic acids is 4. The van der Waals surface area contributed by atoms with E-state index in [1.165, 1.54) is 0 Å². The fraction of sp³-hybridized carbons (Fsp3) is 0.464. The summed E-state index contributed by atoms with van der Waals surface area (Å²) in [7, 11) is 0. The van der Waals surface area contributed by atoms with E-state index in [-0.39, 0.29) is 25.0 Å². The number of ketones is 1. The second-order valence-corrected chi connectivity index (χ2v) is 9.73. The highest BCUT2D eigenvalue weighted by molar-refractivity contribution is 6.38. The molecule has 3 rings (SSSR count). The average molecular weight is 509 g/mol. The highest BCUT2D eigenvalue weighted by atomic mass is 16.5. The van der Waals surface area contributed by atoms with Crippen molar-refractivity contribution in [2.75, 3.05) is 6.61 Å². The van der Waals surface area contributed by atoms with Crippen LogP contribution in [0, 0.1) is 5.92 Å². The number of aryl methyl sites for hydroxylation is 1. The van der Waals surface area contributed by atoms with Gasteiger partial charge in [-0.05, 0) is 55.7 Å². The number of Topliss-reactive ketones (excluding diaryl/α,β-unsaturated/α-hetero) is 1. The lowest BCUT2D eigenvalue weighted by molar-refractivity contribution is -0.140. The van der Waals surface area contributed by atoms with E-state index in [0.717, 1.165) is 24.1 Å². The van der Waals surface area contributed by atoms with Crippen LogP contribution >= 0.6 is 0 Å². The summed E-state index contributed by atoms with van der Waals surface area (Å²) in [6, 6.07) is 13.1. The Morgan fingerprint density at radius 3 is 2.32 bits per heavy atom. The topological polar surface area (TPSA) is 126 Å². The summed E-state index contributed by atoms with van der Waals surface area (Å²) in [6.45, 7) is 3.96. The number of alkyl carbamates (subject to hydrolysis) is 1. The second kappa shape index (κ2) is 14.1.